The lowest BCUT2D eigenvalue weighted by molar-refractivity contribution is 0.575. The molecule has 0 fully saturated rings. The summed E-state index contributed by atoms with van der Waals surface area (Å²) in [4.78, 5) is 4.52. The Balaban J connectivity index is 1.87. The molecule has 0 saturated heterocycles. The number of nitrogens with one attached hydrogen (secondary N) is 1. The van der Waals surface area contributed by atoms with Gasteiger partial charge in [-0.3, -0.25) is 4.99 Å². The van der Waals surface area contributed by atoms with E-state index in [9.17, 15) is 0 Å². The molecule has 0 aromatic heterocycles. The fraction of sp³-hybridized carbons (Fsp3) is 0.462. The number of hydrogen-bond donors (Lipinski definition) is 1. The van der Waals surface area contributed by atoms with Gasteiger partial charge in [0.1, 0.15) is 0 Å². The second-order valence-electron chi connectivity index (χ2n) is 4.65. The lowest BCUT2D eigenvalue weighted by Crippen LogP contribution is -2.09. The molecular formula is C13H17ClN2S. The number of hydrogen-bond acceptors (Lipinski definition) is 3. The van der Waals surface area contributed by atoms with E-state index in [1.165, 1.54) is 6.42 Å². The fourth-order valence-corrected chi connectivity index (χ4v) is 3.19. The Labute approximate surface area is 112 Å². The molecule has 1 N–H and O–H groups in total. The van der Waals surface area contributed by atoms with Gasteiger partial charge in [-0.1, -0.05) is 37.2 Å². The summed E-state index contributed by atoms with van der Waals surface area (Å²) in [5.74, 6) is 0.734. The third-order valence-electron chi connectivity index (χ3n) is 2.55. The van der Waals surface area contributed by atoms with Crippen LogP contribution in [0.3, 0.4) is 0 Å². The zero-order valence-corrected chi connectivity index (χ0v) is 11.7. The Morgan fingerprint density at radius 3 is 2.76 bits per heavy atom. The van der Waals surface area contributed by atoms with Gasteiger partial charge in [-0.2, -0.15) is 0 Å². The molecule has 0 bridgehead atoms. The maximum Gasteiger partial charge on any atom is 0.161 e. The highest BCUT2D eigenvalue weighted by atomic mass is 35.5. The van der Waals surface area contributed by atoms with E-state index < -0.39 is 0 Å². The van der Waals surface area contributed by atoms with Crippen molar-refractivity contribution in [1.82, 2.24) is 0 Å². The Kier molecular flexibility index (Phi) is 4.35. The molecular weight excluding hydrogens is 252 g/mol. The number of nitrogens with zero attached hydrogens (tertiary/aromatic N) is 1. The van der Waals surface area contributed by atoms with E-state index in [1.54, 1.807) is 0 Å². The predicted octanol–water partition coefficient (Wildman–Crippen LogP) is 4.27. The van der Waals surface area contributed by atoms with Crippen LogP contribution in [-0.2, 0) is 0 Å². The minimum atomic E-state index is 0.629. The molecule has 2 nitrogen and oxygen atoms in total. The molecule has 0 aliphatic carbocycles. The van der Waals surface area contributed by atoms with E-state index in [2.05, 4.69) is 24.2 Å². The Hall–Kier alpha value is -0.670. The van der Waals surface area contributed by atoms with Crippen molar-refractivity contribution < 1.29 is 0 Å². The highest BCUT2D eigenvalue weighted by Gasteiger charge is 2.20. The molecule has 0 saturated carbocycles. The van der Waals surface area contributed by atoms with Crippen LogP contribution in [-0.4, -0.2) is 17.0 Å². The van der Waals surface area contributed by atoms with Gasteiger partial charge >= 0.3 is 0 Å². The van der Waals surface area contributed by atoms with Gasteiger partial charge in [-0.15, -0.1) is 0 Å². The van der Waals surface area contributed by atoms with Crippen LogP contribution < -0.4 is 5.32 Å². The molecule has 1 unspecified atom stereocenters. The summed E-state index contributed by atoms with van der Waals surface area (Å²) >= 11 is 7.69. The van der Waals surface area contributed by atoms with Crippen LogP contribution in [0.15, 0.2) is 29.3 Å². The van der Waals surface area contributed by atoms with Crippen LogP contribution in [0.5, 0.6) is 0 Å². The molecule has 0 radical (unpaired) electrons. The van der Waals surface area contributed by atoms with Crippen molar-refractivity contribution >= 4 is 34.2 Å². The number of amidine groups is 1. The van der Waals surface area contributed by atoms with E-state index in [0.717, 1.165) is 28.3 Å². The molecule has 1 aromatic rings. The average molecular weight is 269 g/mol. The Morgan fingerprint density at radius 1 is 1.41 bits per heavy atom. The average Bonchev–Trinajstić information content (AvgIpc) is 2.68. The second kappa shape index (κ2) is 5.78. The first-order valence-corrected chi connectivity index (χ1v) is 7.13. The Bertz CT molecular complexity index is 400. The lowest BCUT2D eigenvalue weighted by atomic mass is 10.1. The molecule has 0 spiro atoms. The summed E-state index contributed by atoms with van der Waals surface area (Å²) in [7, 11) is 0. The third-order valence-corrected chi connectivity index (χ3v) is 3.93. The van der Waals surface area contributed by atoms with Gasteiger partial charge in [0.15, 0.2) is 5.17 Å². The molecule has 1 heterocycles. The maximum atomic E-state index is 5.85. The van der Waals surface area contributed by atoms with Gasteiger partial charge in [0.2, 0.25) is 0 Å². The molecule has 0 amide bonds. The minimum Gasteiger partial charge on any atom is -0.335 e. The largest absolute Gasteiger partial charge is 0.335 e. The summed E-state index contributed by atoms with van der Waals surface area (Å²) in [6.07, 6.45) is 1.22. The molecule has 1 aliphatic heterocycles. The normalized spacial score (nSPS) is 19.5. The smallest absolute Gasteiger partial charge is 0.161 e. The zero-order valence-electron chi connectivity index (χ0n) is 10.1. The van der Waals surface area contributed by atoms with Crippen LogP contribution >= 0.6 is 23.4 Å². The van der Waals surface area contributed by atoms with Gasteiger partial charge < -0.3 is 5.32 Å². The van der Waals surface area contributed by atoms with Crippen molar-refractivity contribution in [2.75, 3.05) is 11.9 Å². The van der Waals surface area contributed by atoms with Gasteiger partial charge in [0.25, 0.3) is 0 Å². The van der Waals surface area contributed by atoms with Crippen LogP contribution in [0.25, 0.3) is 0 Å². The van der Waals surface area contributed by atoms with E-state index in [1.807, 2.05) is 36.0 Å². The fourth-order valence-electron chi connectivity index (χ4n) is 1.79. The third kappa shape index (κ3) is 3.93. The minimum absolute atomic E-state index is 0.629. The van der Waals surface area contributed by atoms with Gasteiger partial charge in [0.05, 0.1) is 6.54 Å². The SMILES string of the molecule is CC(C)CC1CN=C(Nc2ccc(Cl)cc2)S1. The molecule has 2 rings (SSSR count). The van der Waals surface area contributed by atoms with E-state index in [0.29, 0.717) is 5.25 Å². The first-order valence-electron chi connectivity index (χ1n) is 5.87. The van der Waals surface area contributed by atoms with E-state index in [4.69, 9.17) is 11.6 Å². The highest BCUT2D eigenvalue weighted by molar-refractivity contribution is 8.15. The summed E-state index contributed by atoms with van der Waals surface area (Å²) in [6, 6.07) is 7.72. The first-order chi connectivity index (χ1) is 8.13. The highest BCUT2D eigenvalue weighted by Crippen LogP contribution is 2.27. The standard InChI is InChI=1S/C13H17ClN2S/c1-9(2)7-12-8-15-13(17-12)16-11-5-3-10(14)4-6-11/h3-6,9,12H,7-8H2,1-2H3,(H,15,16). The van der Waals surface area contributed by atoms with Crippen molar-refractivity contribution in [1.29, 1.82) is 0 Å². The van der Waals surface area contributed by atoms with Crippen LogP contribution in [0.4, 0.5) is 5.69 Å². The lowest BCUT2D eigenvalue weighted by Gasteiger charge is -2.11. The van der Waals surface area contributed by atoms with E-state index in [-0.39, 0.29) is 0 Å². The zero-order chi connectivity index (χ0) is 12.3. The summed E-state index contributed by atoms with van der Waals surface area (Å²) in [5.41, 5.74) is 1.05. The van der Waals surface area contributed by atoms with Crippen molar-refractivity contribution in [3.63, 3.8) is 0 Å². The van der Waals surface area contributed by atoms with Gasteiger partial charge in [-0.05, 0) is 36.6 Å². The van der Waals surface area contributed by atoms with Gasteiger partial charge in [-0.25, -0.2) is 0 Å². The molecule has 1 aliphatic rings. The number of halogens is 1. The van der Waals surface area contributed by atoms with Crippen molar-refractivity contribution in [2.45, 2.75) is 25.5 Å². The quantitative estimate of drug-likeness (QED) is 0.885. The predicted molar refractivity (Wildman–Crippen MR) is 78.2 cm³/mol. The molecule has 1 atom stereocenters. The number of aliphatic imine (C=N–C) groups is 1. The number of rotatable bonds is 3. The first kappa shape index (κ1) is 12.8. The van der Waals surface area contributed by atoms with Gasteiger partial charge in [0, 0.05) is 16.0 Å². The van der Waals surface area contributed by atoms with E-state index >= 15 is 0 Å². The molecule has 92 valence electrons. The summed E-state index contributed by atoms with van der Waals surface area (Å²) < 4.78 is 0. The number of benzene rings is 1. The van der Waals surface area contributed by atoms with Crippen molar-refractivity contribution in [2.24, 2.45) is 10.9 Å². The maximum absolute atomic E-state index is 5.85. The van der Waals surface area contributed by atoms with Crippen molar-refractivity contribution in [3.05, 3.63) is 29.3 Å². The molecule has 4 heteroatoms. The monoisotopic (exact) mass is 268 g/mol. The summed E-state index contributed by atoms with van der Waals surface area (Å²) in [5, 5.41) is 5.74. The van der Waals surface area contributed by atoms with Crippen molar-refractivity contribution in [3.8, 4) is 0 Å². The number of thioether (sulfide) groups is 1. The van der Waals surface area contributed by atoms with Crippen LogP contribution in [0.2, 0.25) is 5.02 Å². The summed E-state index contributed by atoms with van der Waals surface area (Å²) in [6.45, 7) is 5.44. The van der Waals surface area contributed by atoms with Crippen LogP contribution in [0, 0.1) is 5.92 Å². The molecule has 17 heavy (non-hydrogen) atoms. The second-order valence-corrected chi connectivity index (χ2v) is 6.37. The van der Waals surface area contributed by atoms with Crippen LogP contribution in [0.1, 0.15) is 20.3 Å². The molecule has 1 aromatic carbocycles. The Morgan fingerprint density at radius 2 is 2.12 bits per heavy atom. The number of anilines is 1. The topological polar surface area (TPSA) is 24.4 Å².